The van der Waals surface area contributed by atoms with Gasteiger partial charge in [-0.15, -0.1) is 0 Å². The molecule has 1 fully saturated rings. The predicted molar refractivity (Wildman–Crippen MR) is 108 cm³/mol. The van der Waals surface area contributed by atoms with Gasteiger partial charge < -0.3 is 14.5 Å². The van der Waals surface area contributed by atoms with E-state index in [1.165, 1.54) is 12.1 Å². The SMILES string of the molecule is CCOc1ccccc1N1CCN(C(=O)CNS(=O)(=O)c2ccccc2F)CC1. The van der Waals surface area contributed by atoms with Crippen molar-refractivity contribution in [2.75, 3.05) is 44.2 Å². The lowest BCUT2D eigenvalue weighted by Crippen LogP contribution is -2.51. The zero-order chi connectivity index (χ0) is 20.9. The van der Waals surface area contributed by atoms with Crippen molar-refractivity contribution in [2.24, 2.45) is 0 Å². The number of hydrogen-bond donors (Lipinski definition) is 1. The molecule has 9 heteroatoms. The molecule has 156 valence electrons. The fourth-order valence-corrected chi connectivity index (χ4v) is 4.25. The van der Waals surface area contributed by atoms with Crippen LogP contribution < -0.4 is 14.4 Å². The maximum absolute atomic E-state index is 13.7. The normalized spacial score (nSPS) is 14.7. The Balaban J connectivity index is 1.56. The second-order valence-corrected chi connectivity index (χ2v) is 8.26. The van der Waals surface area contributed by atoms with Crippen LogP contribution >= 0.6 is 0 Å². The zero-order valence-electron chi connectivity index (χ0n) is 16.2. The fourth-order valence-electron chi connectivity index (χ4n) is 3.20. The zero-order valence-corrected chi connectivity index (χ0v) is 17.0. The molecule has 1 heterocycles. The molecule has 1 amide bonds. The molecule has 2 aromatic rings. The molecule has 0 aromatic heterocycles. The van der Waals surface area contributed by atoms with Crippen molar-refractivity contribution in [3.05, 3.63) is 54.3 Å². The van der Waals surface area contributed by atoms with Crippen LogP contribution in [0.5, 0.6) is 5.75 Å². The number of anilines is 1. The van der Waals surface area contributed by atoms with Gasteiger partial charge in [0, 0.05) is 26.2 Å². The van der Waals surface area contributed by atoms with Crippen molar-refractivity contribution >= 4 is 21.6 Å². The Labute approximate surface area is 170 Å². The van der Waals surface area contributed by atoms with E-state index in [0.29, 0.717) is 32.8 Å². The maximum atomic E-state index is 13.7. The molecule has 1 N–H and O–H groups in total. The van der Waals surface area contributed by atoms with E-state index < -0.39 is 27.3 Å². The molecule has 2 aromatic carbocycles. The van der Waals surface area contributed by atoms with E-state index >= 15 is 0 Å². The summed E-state index contributed by atoms with van der Waals surface area (Å²) in [5.41, 5.74) is 0.974. The smallest absolute Gasteiger partial charge is 0.243 e. The highest BCUT2D eigenvalue weighted by Gasteiger charge is 2.25. The topological polar surface area (TPSA) is 79.0 Å². The summed E-state index contributed by atoms with van der Waals surface area (Å²) in [4.78, 5) is 15.7. The first-order valence-corrected chi connectivity index (χ1v) is 10.9. The third kappa shape index (κ3) is 5.04. The Hall–Kier alpha value is -2.65. The highest BCUT2D eigenvalue weighted by Crippen LogP contribution is 2.28. The van der Waals surface area contributed by atoms with Crippen molar-refractivity contribution in [2.45, 2.75) is 11.8 Å². The molecule has 0 spiro atoms. The largest absolute Gasteiger partial charge is 0.492 e. The van der Waals surface area contributed by atoms with E-state index in [-0.39, 0.29) is 5.91 Å². The number of carbonyl (C=O) groups is 1. The van der Waals surface area contributed by atoms with Crippen LogP contribution in [0, 0.1) is 5.82 Å². The summed E-state index contributed by atoms with van der Waals surface area (Å²) in [6.07, 6.45) is 0. The standard InChI is InChI=1S/C20H24FN3O4S/c1-2-28-18-9-5-4-8-17(18)23-11-13-24(14-12-23)20(25)15-22-29(26,27)19-10-6-3-7-16(19)21/h3-10,22H,2,11-15H2,1H3. The minimum absolute atomic E-state index is 0.345. The quantitative estimate of drug-likeness (QED) is 0.738. The minimum atomic E-state index is -4.09. The Morgan fingerprint density at radius 1 is 1.07 bits per heavy atom. The average molecular weight is 421 g/mol. The number of halogens is 1. The van der Waals surface area contributed by atoms with Crippen LogP contribution in [0.4, 0.5) is 10.1 Å². The monoisotopic (exact) mass is 421 g/mol. The van der Waals surface area contributed by atoms with Crippen molar-refractivity contribution in [1.29, 1.82) is 0 Å². The number of sulfonamides is 1. The lowest BCUT2D eigenvalue weighted by Gasteiger charge is -2.36. The molecular formula is C20H24FN3O4S. The third-order valence-electron chi connectivity index (χ3n) is 4.68. The van der Waals surface area contributed by atoms with Gasteiger partial charge in [0.1, 0.15) is 16.5 Å². The summed E-state index contributed by atoms with van der Waals surface area (Å²) >= 11 is 0. The minimum Gasteiger partial charge on any atom is -0.492 e. The summed E-state index contributed by atoms with van der Waals surface area (Å²) in [7, 11) is -4.09. The molecule has 0 atom stereocenters. The van der Waals surface area contributed by atoms with E-state index in [2.05, 4.69) is 9.62 Å². The molecular weight excluding hydrogens is 397 g/mol. The number of amides is 1. The van der Waals surface area contributed by atoms with E-state index in [1.807, 2.05) is 31.2 Å². The second-order valence-electron chi connectivity index (χ2n) is 6.52. The summed E-state index contributed by atoms with van der Waals surface area (Å²) in [6, 6.07) is 12.8. The van der Waals surface area contributed by atoms with Crippen LogP contribution in [-0.2, 0) is 14.8 Å². The van der Waals surface area contributed by atoms with Gasteiger partial charge >= 0.3 is 0 Å². The van der Waals surface area contributed by atoms with Gasteiger partial charge in [-0.05, 0) is 31.2 Å². The van der Waals surface area contributed by atoms with E-state index in [9.17, 15) is 17.6 Å². The predicted octanol–water partition coefficient (Wildman–Crippen LogP) is 1.85. The van der Waals surface area contributed by atoms with Gasteiger partial charge in [-0.2, -0.15) is 0 Å². The van der Waals surface area contributed by atoms with Crippen molar-refractivity contribution in [1.82, 2.24) is 9.62 Å². The van der Waals surface area contributed by atoms with Gasteiger partial charge in [-0.25, -0.2) is 17.5 Å². The number of rotatable bonds is 7. The Kier molecular flexibility index (Phi) is 6.71. The summed E-state index contributed by atoms with van der Waals surface area (Å²) in [6.45, 7) is 4.22. The first-order chi connectivity index (χ1) is 13.9. The van der Waals surface area contributed by atoms with Gasteiger partial charge in [0.25, 0.3) is 0 Å². The van der Waals surface area contributed by atoms with Crippen LogP contribution in [0.2, 0.25) is 0 Å². The molecule has 1 aliphatic rings. The Morgan fingerprint density at radius 2 is 1.72 bits per heavy atom. The highest BCUT2D eigenvalue weighted by molar-refractivity contribution is 7.89. The summed E-state index contributed by atoms with van der Waals surface area (Å²) < 4.78 is 46.0. The van der Waals surface area contributed by atoms with Gasteiger partial charge in [-0.1, -0.05) is 24.3 Å². The van der Waals surface area contributed by atoms with Crippen LogP contribution in [0.25, 0.3) is 0 Å². The maximum Gasteiger partial charge on any atom is 0.243 e. The number of para-hydroxylation sites is 2. The van der Waals surface area contributed by atoms with Gasteiger partial charge in [0.15, 0.2) is 0 Å². The van der Waals surface area contributed by atoms with E-state index in [1.54, 1.807) is 4.90 Å². The number of nitrogens with one attached hydrogen (secondary N) is 1. The lowest BCUT2D eigenvalue weighted by molar-refractivity contribution is -0.130. The molecule has 29 heavy (non-hydrogen) atoms. The van der Waals surface area contributed by atoms with Gasteiger partial charge in [-0.3, -0.25) is 4.79 Å². The molecule has 3 rings (SSSR count). The molecule has 0 saturated carbocycles. The summed E-state index contributed by atoms with van der Waals surface area (Å²) in [5, 5.41) is 0. The van der Waals surface area contributed by atoms with Crippen LogP contribution in [0.15, 0.2) is 53.4 Å². The highest BCUT2D eigenvalue weighted by atomic mass is 32.2. The number of ether oxygens (including phenoxy) is 1. The van der Waals surface area contributed by atoms with Crippen molar-refractivity contribution in [3.8, 4) is 5.75 Å². The number of benzene rings is 2. The molecule has 0 unspecified atom stereocenters. The first kappa shape index (κ1) is 21.1. The van der Waals surface area contributed by atoms with E-state index in [0.717, 1.165) is 23.6 Å². The van der Waals surface area contributed by atoms with Crippen molar-refractivity contribution in [3.63, 3.8) is 0 Å². The third-order valence-corrected chi connectivity index (χ3v) is 6.11. The summed E-state index contributed by atoms with van der Waals surface area (Å²) in [5.74, 6) is -0.399. The molecule has 0 aliphatic carbocycles. The van der Waals surface area contributed by atoms with Gasteiger partial charge in [0.2, 0.25) is 15.9 Å². The lowest BCUT2D eigenvalue weighted by atomic mass is 10.2. The number of piperazine rings is 1. The van der Waals surface area contributed by atoms with Crippen LogP contribution in [0.1, 0.15) is 6.92 Å². The van der Waals surface area contributed by atoms with Crippen molar-refractivity contribution < 1.29 is 22.3 Å². The van der Waals surface area contributed by atoms with Crippen LogP contribution in [0.3, 0.4) is 0 Å². The number of hydrogen-bond acceptors (Lipinski definition) is 5. The number of carbonyl (C=O) groups excluding carboxylic acids is 1. The van der Waals surface area contributed by atoms with E-state index in [4.69, 9.17) is 4.74 Å². The molecule has 1 aliphatic heterocycles. The molecule has 0 bridgehead atoms. The molecule has 1 saturated heterocycles. The Morgan fingerprint density at radius 3 is 2.41 bits per heavy atom. The average Bonchev–Trinajstić information content (AvgIpc) is 2.73. The van der Waals surface area contributed by atoms with Crippen LogP contribution in [-0.4, -0.2) is 58.6 Å². The fraction of sp³-hybridized carbons (Fsp3) is 0.350. The molecule has 7 nitrogen and oxygen atoms in total. The number of nitrogens with zero attached hydrogens (tertiary/aromatic N) is 2. The second kappa shape index (κ2) is 9.23. The molecule has 0 radical (unpaired) electrons. The first-order valence-electron chi connectivity index (χ1n) is 9.41. The van der Waals surface area contributed by atoms with Gasteiger partial charge in [0.05, 0.1) is 18.8 Å². The Bertz CT molecular complexity index is 960.